The van der Waals surface area contributed by atoms with E-state index in [0.717, 1.165) is 12.1 Å². The second-order valence-corrected chi connectivity index (χ2v) is 9.46. The minimum absolute atomic E-state index is 0.0218. The van der Waals surface area contributed by atoms with Gasteiger partial charge in [0.2, 0.25) is 0 Å². The highest BCUT2D eigenvalue weighted by Crippen LogP contribution is 2.43. The van der Waals surface area contributed by atoms with Crippen LogP contribution >= 0.6 is 35.4 Å². The van der Waals surface area contributed by atoms with Crippen molar-refractivity contribution in [1.29, 1.82) is 0 Å². The van der Waals surface area contributed by atoms with E-state index < -0.39 is 22.2 Å². The molecule has 3 aromatic rings. The van der Waals surface area contributed by atoms with Crippen LogP contribution in [0.3, 0.4) is 0 Å². The van der Waals surface area contributed by atoms with Crippen LogP contribution in [0, 0.1) is 10.1 Å². The quantitative estimate of drug-likeness (QED) is 0.199. The zero-order valence-corrected chi connectivity index (χ0v) is 21.2. The maximum atomic E-state index is 12.9. The number of aliphatic imine (C=N–C) groups is 1. The Labute approximate surface area is 224 Å². The third kappa shape index (κ3) is 5.07. The van der Waals surface area contributed by atoms with Gasteiger partial charge in [-0.2, -0.15) is 13.2 Å². The largest absolute Gasteiger partial charge is 0.505 e. The Morgan fingerprint density at radius 3 is 2.19 bits per heavy atom. The molecule has 0 saturated carbocycles. The van der Waals surface area contributed by atoms with Crippen LogP contribution in [0.4, 0.5) is 24.5 Å². The molecule has 0 bridgehead atoms. The minimum atomic E-state index is -4.45. The van der Waals surface area contributed by atoms with Crippen LogP contribution in [0.5, 0.6) is 5.75 Å². The maximum Gasteiger partial charge on any atom is 0.416 e. The Balaban J connectivity index is 1.80. The molecular weight excluding hydrogens is 552 g/mol. The lowest BCUT2D eigenvalue weighted by molar-refractivity contribution is -0.384. The number of phenols is 1. The van der Waals surface area contributed by atoms with Crippen molar-refractivity contribution in [1.82, 2.24) is 5.32 Å². The number of amidine groups is 1. The number of phenolic OH excluding ortho intramolecular Hbond substituents is 1. The number of halogens is 5. The van der Waals surface area contributed by atoms with Crippen molar-refractivity contribution in [3.8, 4) is 5.75 Å². The van der Waals surface area contributed by atoms with E-state index in [-0.39, 0.29) is 33.1 Å². The lowest BCUT2D eigenvalue weighted by atomic mass is 9.89. The average Bonchev–Trinajstić information content (AvgIpc) is 3.10. The van der Waals surface area contributed by atoms with Gasteiger partial charge in [0, 0.05) is 17.8 Å². The number of non-ortho nitro benzene ring substituents is 1. The lowest BCUT2D eigenvalue weighted by Gasteiger charge is -2.35. The fourth-order valence-corrected chi connectivity index (χ4v) is 4.84. The van der Waals surface area contributed by atoms with Crippen LogP contribution in [0.2, 0.25) is 10.0 Å². The molecule has 2 N–H and O–H groups in total. The summed E-state index contributed by atoms with van der Waals surface area (Å²) < 4.78 is 38.7. The Bertz CT molecular complexity index is 1390. The molecule has 37 heavy (non-hydrogen) atoms. The molecule has 0 radical (unpaired) electrons. The van der Waals surface area contributed by atoms with E-state index in [0.29, 0.717) is 22.6 Å². The zero-order valence-electron chi connectivity index (χ0n) is 18.9. The van der Waals surface area contributed by atoms with Gasteiger partial charge in [-0.05, 0) is 66.7 Å². The number of hydrogen-bond acceptors (Lipinski definition) is 5. The lowest BCUT2D eigenvalue weighted by Crippen LogP contribution is -2.44. The molecule has 1 saturated heterocycles. The first-order chi connectivity index (χ1) is 17.3. The molecule has 1 aliphatic heterocycles. The molecule has 13 heteroatoms. The van der Waals surface area contributed by atoms with Gasteiger partial charge in [-0.1, -0.05) is 35.3 Å². The average molecular weight is 569 g/mol. The summed E-state index contributed by atoms with van der Waals surface area (Å²) in [5.41, 5.74) is -0.545. The maximum absolute atomic E-state index is 12.9. The van der Waals surface area contributed by atoms with E-state index in [4.69, 9.17) is 35.4 Å². The topological polar surface area (TPSA) is 91.0 Å². The second kappa shape index (κ2) is 9.81. The molecule has 0 amide bonds. The predicted octanol–water partition coefficient (Wildman–Crippen LogP) is 6.83. The molecule has 4 rings (SSSR count). The highest BCUT2D eigenvalue weighted by molar-refractivity contribution is 7.80. The van der Waals surface area contributed by atoms with Crippen molar-refractivity contribution >= 4 is 57.7 Å². The molecule has 3 aromatic carbocycles. The number of rotatable bonds is 5. The number of nitrogens with one attached hydrogen (secondary N) is 1. The molecule has 1 aliphatic rings. The molecule has 1 unspecified atom stereocenters. The smallest absolute Gasteiger partial charge is 0.416 e. The molecule has 0 spiro atoms. The highest BCUT2D eigenvalue weighted by atomic mass is 35.5. The Morgan fingerprint density at radius 2 is 1.68 bits per heavy atom. The third-order valence-corrected chi connectivity index (χ3v) is 6.80. The van der Waals surface area contributed by atoms with Crippen LogP contribution in [0.15, 0.2) is 65.7 Å². The van der Waals surface area contributed by atoms with E-state index in [9.17, 15) is 28.4 Å². The summed E-state index contributed by atoms with van der Waals surface area (Å²) in [6, 6.07) is 13.3. The van der Waals surface area contributed by atoms with Gasteiger partial charge in [0.15, 0.2) is 10.9 Å². The highest BCUT2D eigenvalue weighted by Gasteiger charge is 2.48. The monoisotopic (exact) mass is 568 g/mol. The van der Waals surface area contributed by atoms with Crippen LogP contribution in [0.1, 0.15) is 23.6 Å². The van der Waals surface area contributed by atoms with Gasteiger partial charge in [-0.3, -0.25) is 15.1 Å². The van der Waals surface area contributed by atoms with Crippen LogP contribution in [-0.2, 0) is 18.3 Å². The van der Waals surface area contributed by atoms with Gasteiger partial charge in [0.05, 0.1) is 27.1 Å². The molecule has 0 aromatic heterocycles. The minimum Gasteiger partial charge on any atom is -0.505 e. The number of hydrogen-bond donors (Lipinski definition) is 2. The summed E-state index contributed by atoms with van der Waals surface area (Å²) in [5, 5.41) is 24.4. The number of nitrogens with zero attached hydrogens (tertiary/aromatic N) is 3. The van der Waals surface area contributed by atoms with Gasteiger partial charge in [-0.15, -0.1) is 0 Å². The Kier molecular flexibility index (Phi) is 7.06. The summed E-state index contributed by atoms with van der Waals surface area (Å²) in [4.78, 5) is 16.9. The zero-order chi connectivity index (χ0) is 27.1. The van der Waals surface area contributed by atoms with Gasteiger partial charge >= 0.3 is 6.18 Å². The SMILES string of the molecule is CC1(c2ccc([N+](=O)[O-])cc2)C(=NCc2ccc(C(F)(F)F)cc2)NC(=S)N1c1cc(Cl)c(O)c(Cl)c1. The molecule has 1 fully saturated rings. The van der Waals surface area contributed by atoms with Crippen molar-refractivity contribution in [2.45, 2.75) is 25.2 Å². The molecule has 0 aliphatic carbocycles. The predicted molar refractivity (Wildman–Crippen MR) is 139 cm³/mol. The summed E-state index contributed by atoms with van der Waals surface area (Å²) in [7, 11) is 0. The normalized spacial score (nSPS) is 18.8. The second-order valence-electron chi connectivity index (χ2n) is 8.26. The molecule has 1 atom stereocenters. The standard InChI is InChI=1S/C24H17Cl2F3N4O3S/c1-23(14-6-8-16(9-7-14)33(35)36)21(30-12-13-2-4-15(5-3-13)24(27,28)29)31-22(37)32(23)17-10-18(25)20(34)19(26)11-17/h2-11,34H,12H2,1H3,(H,30,31,37). The fourth-order valence-electron chi connectivity index (χ4n) is 3.98. The number of aromatic hydroxyl groups is 1. The fraction of sp³-hybridized carbons (Fsp3) is 0.167. The van der Waals surface area contributed by atoms with Crippen molar-refractivity contribution < 1.29 is 23.2 Å². The summed E-state index contributed by atoms with van der Waals surface area (Å²) in [5.74, 6) is 0.0324. The van der Waals surface area contributed by atoms with Crippen LogP contribution in [0.25, 0.3) is 0 Å². The third-order valence-electron chi connectivity index (χ3n) is 5.94. The number of thiocarbonyl (C=S) groups is 1. The van der Waals surface area contributed by atoms with Crippen LogP contribution < -0.4 is 10.2 Å². The molecule has 192 valence electrons. The molecule has 7 nitrogen and oxygen atoms in total. The number of anilines is 1. The van der Waals surface area contributed by atoms with E-state index in [1.54, 1.807) is 24.0 Å². The first kappa shape index (κ1) is 26.6. The first-order valence-corrected chi connectivity index (χ1v) is 11.7. The van der Waals surface area contributed by atoms with Crippen molar-refractivity contribution in [3.63, 3.8) is 0 Å². The summed E-state index contributed by atoms with van der Waals surface area (Å²) in [6.07, 6.45) is -4.45. The first-order valence-electron chi connectivity index (χ1n) is 10.6. The van der Waals surface area contributed by atoms with Crippen molar-refractivity contribution in [2.24, 2.45) is 4.99 Å². The van der Waals surface area contributed by atoms with Crippen molar-refractivity contribution in [3.05, 3.63) is 97.5 Å². The van der Waals surface area contributed by atoms with Gasteiger partial charge in [0.25, 0.3) is 5.69 Å². The van der Waals surface area contributed by atoms with E-state index in [1.165, 1.54) is 36.4 Å². The molecular formula is C24H17Cl2F3N4O3S. The van der Waals surface area contributed by atoms with Gasteiger partial charge < -0.3 is 15.3 Å². The molecule has 1 heterocycles. The summed E-state index contributed by atoms with van der Waals surface area (Å²) in [6.45, 7) is 1.79. The number of alkyl halides is 3. The van der Waals surface area contributed by atoms with Crippen molar-refractivity contribution in [2.75, 3.05) is 4.90 Å². The van der Waals surface area contributed by atoms with E-state index in [1.807, 2.05) is 0 Å². The Morgan fingerprint density at radius 1 is 1.11 bits per heavy atom. The number of nitro benzene ring substituents is 1. The van der Waals surface area contributed by atoms with E-state index in [2.05, 4.69) is 10.3 Å². The van der Waals surface area contributed by atoms with Gasteiger partial charge in [-0.25, -0.2) is 0 Å². The van der Waals surface area contributed by atoms with Crippen LogP contribution in [-0.4, -0.2) is 21.0 Å². The Hall–Kier alpha value is -3.41. The number of benzene rings is 3. The van der Waals surface area contributed by atoms with E-state index >= 15 is 0 Å². The van der Waals surface area contributed by atoms with Gasteiger partial charge in [0.1, 0.15) is 11.4 Å². The number of nitro groups is 1. The summed E-state index contributed by atoms with van der Waals surface area (Å²) >= 11 is 17.9.